The lowest BCUT2D eigenvalue weighted by molar-refractivity contribution is -0.116. The number of rotatable bonds is 7. The Morgan fingerprint density at radius 3 is 2.79 bits per heavy atom. The zero-order valence-corrected chi connectivity index (χ0v) is 15.1. The second-order valence-corrected chi connectivity index (χ2v) is 7.13. The van der Waals surface area contributed by atoms with Gasteiger partial charge in [0.15, 0.2) is 5.78 Å². The molecule has 0 saturated carbocycles. The first-order valence-electron chi connectivity index (χ1n) is 8.65. The molecule has 1 amide bonds. The van der Waals surface area contributed by atoms with E-state index < -0.39 is 5.60 Å². The van der Waals surface area contributed by atoms with Crippen molar-refractivity contribution in [3.05, 3.63) is 23.8 Å². The Bertz CT molecular complexity index is 611. The Morgan fingerprint density at radius 1 is 1.33 bits per heavy atom. The fraction of sp³-hybridized carbons (Fsp3) is 0.579. The molecule has 1 aliphatic heterocycles. The van der Waals surface area contributed by atoms with Gasteiger partial charge in [0.1, 0.15) is 11.4 Å². The number of ether oxygens (including phenoxy) is 1. The van der Waals surface area contributed by atoms with Crippen LogP contribution in [0.1, 0.15) is 56.8 Å². The maximum Gasteiger partial charge on any atom is 0.225 e. The zero-order valence-electron chi connectivity index (χ0n) is 15.1. The molecule has 1 N–H and O–H groups in total. The molecule has 24 heavy (non-hydrogen) atoms. The van der Waals surface area contributed by atoms with Crippen LogP contribution in [0.5, 0.6) is 5.75 Å². The number of benzene rings is 1. The molecule has 5 heteroatoms. The Balaban J connectivity index is 1.93. The van der Waals surface area contributed by atoms with Gasteiger partial charge in [0.05, 0.1) is 12.0 Å². The van der Waals surface area contributed by atoms with E-state index in [0.717, 1.165) is 25.9 Å². The molecule has 1 aliphatic rings. The number of hydrogen-bond acceptors (Lipinski definition) is 4. The maximum atomic E-state index is 12.3. The van der Waals surface area contributed by atoms with Gasteiger partial charge in [0.2, 0.25) is 5.91 Å². The lowest BCUT2D eigenvalue weighted by atomic mass is 9.93. The van der Waals surface area contributed by atoms with Crippen molar-refractivity contribution in [2.24, 2.45) is 0 Å². The highest BCUT2D eigenvalue weighted by Crippen LogP contribution is 2.34. The van der Waals surface area contributed by atoms with Crippen molar-refractivity contribution in [3.8, 4) is 5.75 Å². The van der Waals surface area contributed by atoms with E-state index in [0.29, 0.717) is 29.8 Å². The predicted octanol–water partition coefficient (Wildman–Crippen LogP) is 3.49. The molecule has 0 spiro atoms. The van der Waals surface area contributed by atoms with Gasteiger partial charge in [-0.1, -0.05) is 13.3 Å². The molecule has 1 heterocycles. The maximum absolute atomic E-state index is 12.3. The Labute approximate surface area is 144 Å². The van der Waals surface area contributed by atoms with Crippen molar-refractivity contribution in [2.45, 2.75) is 52.1 Å². The molecule has 0 radical (unpaired) electrons. The smallest absolute Gasteiger partial charge is 0.225 e. The van der Waals surface area contributed by atoms with E-state index in [9.17, 15) is 9.59 Å². The Kier molecular flexibility index (Phi) is 5.99. The van der Waals surface area contributed by atoms with E-state index in [-0.39, 0.29) is 11.7 Å². The number of nitrogens with one attached hydrogen (secondary N) is 1. The second-order valence-electron chi connectivity index (χ2n) is 7.13. The normalized spacial score (nSPS) is 15.8. The molecular weight excluding hydrogens is 304 g/mol. The third kappa shape index (κ3) is 5.06. The van der Waals surface area contributed by atoms with Gasteiger partial charge in [-0.05, 0) is 52.1 Å². The van der Waals surface area contributed by atoms with Gasteiger partial charge in [-0.15, -0.1) is 0 Å². The van der Waals surface area contributed by atoms with Crippen LogP contribution in [0.25, 0.3) is 0 Å². The second kappa shape index (κ2) is 7.79. The molecule has 132 valence electrons. The lowest BCUT2D eigenvalue weighted by Gasteiger charge is -2.31. The van der Waals surface area contributed by atoms with Crippen LogP contribution in [0.15, 0.2) is 18.2 Å². The van der Waals surface area contributed by atoms with Crippen molar-refractivity contribution in [3.63, 3.8) is 0 Å². The fourth-order valence-corrected chi connectivity index (χ4v) is 2.79. The third-order valence-electron chi connectivity index (χ3n) is 4.15. The molecule has 1 aromatic carbocycles. The molecule has 5 nitrogen and oxygen atoms in total. The highest BCUT2D eigenvalue weighted by Gasteiger charge is 2.32. The number of fused-ring (bicyclic) bond motifs is 1. The van der Waals surface area contributed by atoms with Gasteiger partial charge in [-0.25, -0.2) is 0 Å². The Hall–Kier alpha value is -1.88. The van der Waals surface area contributed by atoms with E-state index in [4.69, 9.17) is 4.74 Å². The van der Waals surface area contributed by atoms with Gasteiger partial charge in [-0.2, -0.15) is 0 Å². The Morgan fingerprint density at radius 2 is 2.08 bits per heavy atom. The summed E-state index contributed by atoms with van der Waals surface area (Å²) >= 11 is 0. The predicted molar refractivity (Wildman–Crippen MR) is 95.7 cm³/mol. The van der Waals surface area contributed by atoms with Gasteiger partial charge < -0.3 is 15.0 Å². The van der Waals surface area contributed by atoms with Crippen LogP contribution < -0.4 is 10.1 Å². The van der Waals surface area contributed by atoms with E-state index in [1.165, 1.54) is 0 Å². The number of unbranched alkanes of at least 4 members (excludes halogenated alkanes) is 1. The summed E-state index contributed by atoms with van der Waals surface area (Å²) in [5, 5.41) is 2.87. The summed E-state index contributed by atoms with van der Waals surface area (Å²) in [6, 6.07) is 5.26. The summed E-state index contributed by atoms with van der Waals surface area (Å²) in [5.41, 5.74) is 0.719. The van der Waals surface area contributed by atoms with Crippen LogP contribution in [0.3, 0.4) is 0 Å². The first-order chi connectivity index (χ1) is 11.3. The molecule has 0 saturated heterocycles. The van der Waals surface area contributed by atoms with E-state index in [1.807, 2.05) is 20.9 Å². The van der Waals surface area contributed by atoms with Crippen LogP contribution in [0, 0.1) is 0 Å². The molecule has 0 aliphatic carbocycles. The van der Waals surface area contributed by atoms with E-state index in [2.05, 4.69) is 17.1 Å². The number of hydrogen-bond donors (Lipinski definition) is 1. The number of Topliss-reactive ketones (excluding diaryl/α,β-unsaturated/α-hetero) is 1. The third-order valence-corrected chi connectivity index (χ3v) is 4.15. The average Bonchev–Trinajstić information content (AvgIpc) is 2.50. The van der Waals surface area contributed by atoms with Crippen LogP contribution in [-0.2, 0) is 4.79 Å². The molecule has 0 unspecified atom stereocenters. The van der Waals surface area contributed by atoms with Crippen molar-refractivity contribution in [1.82, 2.24) is 4.90 Å². The van der Waals surface area contributed by atoms with Crippen molar-refractivity contribution in [2.75, 3.05) is 25.5 Å². The fourth-order valence-electron chi connectivity index (χ4n) is 2.79. The van der Waals surface area contributed by atoms with Crippen LogP contribution in [0.4, 0.5) is 5.69 Å². The molecule has 0 aromatic heterocycles. The number of carbonyl (C=O) groups is 2. The molecule has 0 fully saturated rings. The monoisotopic (exact) mass is 332 g/mol. The lowest BCUT2D eigenvalue weighted by Crippen LogP contribution is -2.35. The van der Waals surface area contributed by atoms with Crippen molar-refractivity contribution >= 4 is 17.4 Å². The van der Waals surface area contributed by atoms with E-state index >= 15 is 0 Å². The number of anilines is 1. The first kappa shape index (κ1) is 18.5. The summed E-state index contributed by atoms with van der Waals surface area (Å²) < 4.78 is 5.83. The topological polar surface area (TPSA) is 58.6 Å². The van der Waals surface area contributed by atoms with E-state index in [1.54, 1.807) is 18.2 Å². The van der Waals surface area contributed by atoms with Crippen molar-refractivity contribution in [1.29, 1.82) is 0 Å². The van der Waals surface area contributed by atoms with Crippen molar-refractivity contribution < 1.29 is 14.3 Å². The summed E-state index contributed by atoms with van der Waals surface area (Å²) in [6.45, 7) is 7.69. The SMILES string of the molecule is CCCCN(C)CCC(=O)Nc1ccc2c(c1)C(=O)CC(C)(C)O2. The van der Waals surface area contributed by atoms with Crippen LogP contribution in [-0.4, -0.2) is 42.3 Å². The van der Waals surface area contributed by atoms with Gasteiger partial charge in [0, 0.05) is 18.7 Å². The molecular formula is C19H28N2O3. The number of nitrogens with zero attached hydrogens (tertiary/aromatic N) is 1. The van der Waals surface area contributed by atoms with Gasteiger partial charge in [0.25, 0.3) is 0 Å². The summed E-state index contributed by atoms with van der Waals surface area (Å²) in [5.74, 6) is 0.605. The van der Waals surface area contributed by atoms with Gasteiger partial charge >= 0.3 is 0 Å². The largest absolute Gasteiger partial charge is 0.487 e. The summed E-state index contributed by atoms with van der Waals surface area (Å²) in [4.78, 5) is 26.5. The minimum absolute atomic E-state index is 0.0391. The van der Waals surface area contributed by atoms with Crippen LogP contribution >= 0.6 is 0 Å². The number of carbonyl (C=O) groups excluding carboxylic acids is 2. The summed E-state index contributed by atoms with van der Waals surface area (Å²) in [6.07, 6.45) is 3.08. The molecule has 2 rings (SSSR count). The molecule has 0 bridgehead atoms. The number of amides is 1. The zero-order chi connectivity index (χ0) is 17.7. The van der Waals surface area contributed by atoms with Gasteiger partial charge in [-0.3, -0.25) is 9.59 Å². The highest BCUT2D eigenvalue weighted by atomic mass is 16.5. The standard InChI is InChI=1S/C19H28N2O3/c1-5-6-10-21(4)11-9-18(23)20-14-7-8-17-15(12-14)16(22)13-19(2,3)24-17/h7-8,12H,5-6,9-11,13H2,1-4H3,(H,20,23). The average molecular weight is 332 g/mol. The minimum atomic E-state index is -0.474. The summed E-state index contributed by atoms with van der Waals surface area (Å²) in [7, 11) is 2.03. The minimum Gasteiger partial charge on any atom is -0.487 e. The van der Waals surface area contributed by atoms with Crippen LogP contribution in [0.2, 0.25) is 0 Å². The number of ketones is 1. The molecule has 1 aromatic rings. The highest BCUT2D eigenvalue weighted by molar-refractivity contribution is 6.02. The molecule has 0 atom stereocenters. The first-order valence-corrected chi connectivity index (χ1v) is 8.65. The quantitative estimate of drug-likeness (QED) is 0.830.